The predicted molar refractivity (Wildman–Crippen MR) is 133 cm³/mol. The minimum absolute atomic E-state index is 0.0345. The Morgan fingerprint density at radius 3 is 1.88 bits per heavy atom. The quantitative estimate of drug-likeness (QED) is 0.335. The molecule has 0 bridgehead atoms. The van der Waals surface area contributed by atoms with Gasteiger partial charge in [0.25, 0.3) is 0 Å². The maximum absolute atomic E-state index is 13.2. The van der Waals surface area contributed by atoms with E-state index in [4.69, 9.17) is 0 Å². The van der Waals surface area contributed by atoms with Crippen LogP contribution in [-0.2, 0) is 4.79 Å². The summed E-state index contributed by atoms with van der Waals surface area (Å²) in [6.45, 7) is 0. The lowest BCUT2D eigenvalue weighted by molar-refractivity contribution is -0.131. The molecule has 0 aromatic heterocycles. The molecule has 4 aromatic rings. The third-order valence-corrected chi connectivity index (χ3v) is 6.54. The molecule has 4 aromatic carbocycles. The zero-order valence-corrected chi connectivity index (χ0v) is 18.4. The molecule has 1 amide bonds. The van der Waals surface area contributed by atoms with Crippen LogP contribution in [-0.4, -0.2) is 11.0 Å². The van der Waals surface area contributed by atoms with E-state index in [1.54, 1.807) is 0 Å². The van der Waals surface area contributed by atoms with Crippen molar-refractivity contribution in [3.63, 3.8) is 0 Å². The molecule has 1 heterocycles. The number of para-hydroxylation sites is 1. The van der Waals surface area contributed by atoms with Crippen LogP contribution < -0.4 is 4.90 Å². The fourth-order valence-corrected chi connectivity index (χ4v) is 4.77. The largest absolute Gasteiger partial charge is 0.388 e. The van der Waals surface area contributed by atoms with Gasteiger partial charge in [0.1, 0.15) is 0 Å². The van der Waals surface area contributed by atoms with Gasteiger partial charge in [0.05, 0.1) is 18.1 Å². The van der Waals surface area contributed by atoms with Gasteiger partial charge in [0.2, 0.25) is 5.91 Å². The summed E-state index contributed by atoms with van der Waals surface area (Å²) >= 11 is 0. The summed E-state index contributed by atoms with van der Waals surface area (Å²) in [5.74, 6) is -0.0234. The highest BCUT2D eigenvalue weighted by molar-refractivity contribution is 6.03. The summed E-state index contributed by atoms with van der Waals surface area (Å²) in [7, 11) is 0. The molecule has 0 radical (unpaired) electrons. The van der Waals surface area contributed by atoms with E-state index in [1.807, 2.05) is 83.8 Å². The highest BCUT2D eigenvalue weighted by Gasteiger charge is 2.48. The topological polar surface area (TPSA) is 40.5 Å². The zero-order valence-electron chi connectivity index (χ0n) is 18.4. The molecular formula is C30H27NO2. The van der Waals surface area contributed by atoms with Gasteiger partial charge in [-0.05, 0) is 47.2 Å². The molecule has 3 heteroatoms. The summed E-state index contributed by atoms with van der Waals surface area (Å²) in [5.41, 5.74) is 5.27. The van der Waals surface area contributed by atoms with Gasteiger partial charge >= 0.3 is 0 Å². The molecule has 1 fully saturated rings. The molecule has 1 aliphatic heterocycles. The summed E-state index contributed by atoms with van der Waals surface area (Å²) < 4.78 is 0. The fourth-order valence-electron chi connectivity index (χ4n) is 4.77. The molecule has 3 nitrogen and oxygen atoms in total. The molecule has 0 aliphatic carbocycles. The molecule has 33 heavy (non-hydrogen) atoms. The SMILES string of the molecule is O=C1[C@H](CC[C@H](O)c2ccccc2)[C@@H](c2ccc(-c3ccccc3)cc2)N1c1ccccc1. The first-order valence-corrected chi connectivity index (χ1v) is 11.5. The Bertz CT molecular complexity index is 1190. The number of aliphatic hydroxyl groups is 1. The first-order valence-electron chi connectivity index (χ1n) is 11.5. The van der Waals surface area contributed by atoms with Crippen molar-refractivity contribution in [3.8, 4) is 11.1 Å². The van der Waals surface area contributed by atoms with Crippen molar-refractivity contribution in [2.24, 2.45) is 5.92 Å². The van der Waals surface area contributed by atoms with Crippen LogP contribution in [0.4, 0.5) is 5.69 Å². The molecule has 0 saturated carbocycles. The van der Waals surface area contributed by atoms with E-state index in [-0.39, 0.29) is 17.9 Å². The molecule has 0 unspecified atom stereocenters. The lowest BCUT2D eigenvalue weighted by Gasteiger charge is -2.48. The molecule has 1 aliphatic rings. The van der Waals surface area contributed by atoms with Gasteiger partial charge in [0.15, 0.2) is 0 Å². The van der Waals surface area contributed by atoms with E-state index in [1.165, 1.54) is 5.56 Å². The van der Waals surface area contributed by atoms with Gasteiger partial charge in [-0.15, -0.1) is 0 Å². The van der Waals surface area contributed by atoms with Crippen molar-refractivity contribution in [2.75, 3.05) is 4.90 Å². The second-order valence-corrected chi connectivity index (χ2v) is 8.59. The van der Waals surface area contributed by atoms with Crippen LogP contribution in [0.25, 0.3) is 11.1 Å². The van der Waals surface area contributed by atoms with Crippen LogP contribution in [0.5, 0.6) is 0 Å². The minimum Gasteiger partial charge on any atom is -0.388 e. The minimum atomic E-state index is -0.564. The van der Waals surface area contributed by atoms with Crippen molar-refractivity contribution in [1.82, 2.24) is 0 Å². The second kappa shape index (κ2) is 9.43. The average Bonchev–Trinajstić information content (AvgIpc) is 2.89. The first kappa shape index (κ1) is 21.2. The Labute approximate surface area is 195 Å². The van der Waals surface area contributed by atoms with Crippen LogP contribution in [0.3, 0.4) is 0 Å². The molecule has 0 spiro atoms. The normalized spacial score (nSPS) is 18.6. The fraction of sp³-hybridized carbons (Fsp3) is 0.167. The number of carbonyl (C=O) groups excluding carboxylic acids is 1. The number of carbonyl (C=O) groups is 1. The van der Waals surface area contributed by atoms with Crippen molar-refractivity contribution < 1.29 is 9.90 Å². The molecule has 3 atom stereocenters. The van der Waals surface area contributed by atoms with E-state index in [0.29, 0.717) is 12.8 Å². The summed E-state index contributed by atoms with van der Waals surface area (Å²) in [4.78, 5) is 15.1. The van der Waals surface area contributed by atoms with Gasteiger partial charge in [-0.25, -0.2) is 0 Å². The molecule has 5 rings (SSSR count). The lowest BCUT2D eigenvalue weighted by atomic mass is 9.78. The maximum atomic E-state index is 13.2. The maximum Gasteiger partial charge on any atom is 0.233 e. The number of benzene rings is 4. The monoisotopic (exact) mass is 433 g/mol. The van der Waals surface area contributed by atoms with Gasteiger partial charge < -0.3 is 10.0 Å². The number of rotatable bonds is 7. The Kier molecular flexibility index (Phi) is 6.05. The summed E-state index contributed by atoms with van der Waals surface area (Å²) in [5, 5.41) is 10.7. The second-order valence-electron chi connectivity index (χ2n) is 8.59. The van der Waals surface area contributed by atoms with Gasteiger partial charge in [-0.3, -0.25) is 4.79 Å². The van der Waals surface area contributed by atoms with E-state index in [2.05, 4.69) is 36.4 Å². The third kappa shape index (κ3) is 4.33. The van der Waals surface area contributed by atoms with E-state index in [0.717, 1.165) is 22.4 Å². The van der Waals surface area contributed by atoms with Crippen LogP contribution in [0, 0.1) is 5.92 Å². The van der Waals surface area contributed by atoms with Crippen molar-refractivity contribution in [1.29, 1.82) is 0 Å². The summed E-state index contributed by atoms with van der Waals surface area (Å²) in [6, 6.07) is 38.3. The Hall–Kier alpha value is -3.69. The van der Waals surface area contributed by atoms with Crippen molar-refractivity contribution in [2.45, 2.75) is 25.0 Å². The standard InChI is InChI=1S/C30H27NO2/c32-28(24-12-6-2-7-13-24)21-20-27-29(31(30(27)33)26-14-8-3-9-15-26)25-18-16-23(17-19-25)22-10-4-1-5-11-22/h1-19,27-29,32H,20-21H2/t27-,28+,29-/m1/s1. The lowest BCUT2D eigenvalue weighted by Crippen LogP contribution is -2.55. The van der Waals surface area contributed by atoms with Crippen LogP contribution in [0.15, 0.2) is 115 Å². The Morgan fingerprint density at radius 2 is 1.24 bits per heavy atom. The number of aliphatic hydroxyl groups excluding tert-OH is 1. The third-order valence-electron chi connectivity index (χ3n) is 6.54. The smallest absolute Gasteiger partial charge is 0.233 e. The molecular weight excluding hydrogens is 406 g/mol. The van der Waals surface area contributed by atoms with Crippen LogP contribution >= 0.6 is 0 Å². The number of amides is 1. The average molecular weight is 434 g/mol. The molecule has 1 N–H and O–H groups in total. The summed E-state index contributed by atoms with van der Waals surface area (Å²) in [6.07, 6.45) is 0.635. The predicted octanol–water partition coefficient (Wildman–Crippen LogP) is 6.57. The highest BCUT2D eigenvalue weighted by Crippen LogP contribution is 2.46. The van der Waals surface area contributed by atoms with E-state index in [9.17, 15) is 9.90 Å². The van der Waals surface area contributed by atoms with Crippen LogP contribution in [0.2, 0.25) is 0 Å². The van der Waals surface area contributed by atoms with Crippen molar-refractivity contribution in [3.05, 3.63) is 126 Å². The number of β-lactam (4-membered cyclic amide) rings is 1. The number of hydrogen-bond donors (Lipinski definition) is 1. The van der Waals surface area contributed by atoms with E-state index < -0.39 is 6.10 Å². The first-order chi connectivity index (χ1) is 16.2. The highest BCUT2D eigenvalue weighted by atomic mass is 16.3. The van der Waals surface area contributed by atoms with Gasteiger partial charge in [-0.2, -0.15) is 0 Å². The van der Waals surface area contributed by atoms with Gasteiger partial charge in [0, 0.05) is 5.69 Å². The van der Waals surface area contributed by atoms with Crippen LogP contribution in [0.1, 0.15) is 36.1 Å². The number of anilines is 1. The van der Waals surface area contributed by atoms with Gasteiger partial charge in [-0.1, -0.05) is 103 Å². The Balaban J connectivity index is 1.39. The zero-order chi connectivity index (χ0) is 22.6. The van der Waals surface area contributed by atoms with E-state index >= 15 is 0 Å². The number of hydrogen-bond acceptors (Lipinski definition) is 2. The number of nitrogens with zero attached hydrogens (tertiary/aromatic N) is 1. The Morgan fingerprint density at radius 1 is 0.697 bits per heavy atom. The van der Waals surface area contributed by atoms with Crippen molar-refractivity contribution >= 4 is 11.6 Å². The molecule has 164 valence electrons. The molecule has 1 saturated heterocycles.